The van der Waals surface area contributed by atoms with Crippen molar-refractivity contribution in [3.8, 4) is 0 Å². The Kier molecular flexibility index (Phi) is 3.47. The van der Waals surface area contributed by atoms with Crippen molar-refractivity contribution in [2.24, 2.45) is 5.73 Å². The molecule has 0 aliphatic rings. The van der Waals surface area contributed by atoms with Crippen LogP contribution >= 0.6 is 0 Å². The van der Waals surface area contributed by atoms with Crippen LogP contribution < -0.4 is 5.73 Å². The molecule has 0 aromatic heterocycles. The first-order chi connectivity index (χ1) is 7.63. The van der Waals surface area contributed by atoms with Crippen molar-refractivity contribution in [2.75, 3.05) is 0 Å². The van der Waals surface area contributed by atoms with E-state index in [0.29, 0.717) is 5.56 Å². The van der Waals surface area contributed by atoms with Gasteiger partial charge in [-0.2, -0.15) is 13.2 Å². The molecule has 1 unspecified atom stereocenters. The molecule has 0 saturated heterocycles. The molecule has 1 rings (SSSR count). The predicted molar refractivity (Wildman–Crippen MR) is 55.2 cm³/mol. The summed E-state index contributed by atoms with van der Waals surface area (Å²) in [5.41, 5.74) is 4.12. The van der Waals surface area contributed by atoms with E-state index in [1.165, 1.54) is 19.1 Å². The quantitative estimate of drug-likeness (QED) is 0.861. The fourth-order valence-electron chi connectivity index (χ4n) is 1.46. The third-order valence-corrected chi connectivity index (χ3v) is 2.39. The van der Waals surface area contributed by atoms with Crippen LogP contribution in [0.4, 0.5) is 13.2 Å². The van der Waals surface area contributed by atoms with E-state index in [4.69, 9.17) is 10.8 Å². The predicted octanol–water partition coefficient (Wildman–Crippen LogP) is 2.35. The highest BCUT2D eigenvalue weighted by atomic mass is 19.4. The SMILES string of the molecule is CC(N)(CC(=O)O)c1ccc(C(F)(F)F)cc1. The van der Waals surface area contributed by atoms with Crippen LogP contribution in [0.2, 0.25) is 0 Å². The molecule has 0 heterocycles. The Hall–Kier alpha value is -1.56. The summed E-state index contributed by atoms with van der Waals surface area (Å²) in [6.45, 7) is 1.46. The number of hydrogen-bond acceptors (Lipinski definition) is 2. The molecule has 3 nitrogen and oxygen atoms in total. The second kappa shape index (κ2) is 4.37. The summed E-state index contributed by atoms with van der Waals surface area (Å²) in [5.74, 6) is -1.10. The Balaban J connectivity index is 2.98. The molecule has 6 heteroatoms. The van der Waals surface area contributed by atoms with Crippen molar-refractivity contribution < 1.29 is 23.1 Å². The van der Waals surface area contributed by atoms with Gasteiger partial charge in [0, 0.05) is 5.54 Å². The van der Waals surface area contributed by atoms with Gasteiger partial charge in [-0.1, -0.05) is 12.1 Å². The second-order valence-corrected chi connectivity index (χ2v) is 4.06. The van der Waals surface area contributed by atoms with Gasteiger partial charge in [-0.15, -0.1) is 0 Å². The maximum Gasteiger partial charge on any atom is 0.416 e. The summed E-state index contributed by atoms with van der Waals surface area (Å²) in [7, 11) is 0. The zero-order valence-electron chi connectivity index (χ0n) is 9.08. The first kappa shape index (κ1) is 13.5. The number of benzene rings is 1. The van der Waals surface area contributed by atoms with E-state index in [9.17, 15) is 18.0 Å². The first-order valence-electron chi connectivity index (χ1n) is 4.81. The van der Waals surface area contributed by atoms with Gasteiger partial charge in [0.1, 0.15) is 0 Å². The Morgan fingerprint density at radius 2 is 1.65 bits per heavy atom. The molecule has 1 aromatic rings. The van der Waals surface area contributed by atoms with Gasteiger partial charge in [0.25, 0.3) is 0 Å². The highest BCUT2D eigenvalue weighted by molar-refractivity contribution is 5.68. The van der Waals surface area contributed by atoms with Crippen LogP contribution in [-0.4, -0.2) is 11.1 Å². The monoisotopic (exact) mass is 247 g/mol. The zero-order valence-corrected chi connectivity index (χ0v) is 9.08. The summed E-state index contributed by atoms with van der Waals surface area (Å²) in [5, 5.41) is 8.63. The Labute approximate surface area is 96.0 Å². The van der Waals surface area contributed by atoms with Gasteiger partial charge < -0.3 is 10.8 Å². The maximum atomic E-state index is 12.3. The van der Waals surface area contributed by atoms with E-state index in [1.54, 1.807) is 0 Å². The lowest BCUT2D eigenvalue weighted by Crippen LogP contribution is -2.35. The van der Waals surface area contributed by atoms with Gasteiger partial charge in [0.15, 0.2) is 0 Å². The molecular formula is C11H12F3NO2. The standard InChI is InChI=1S/C11H12F3NO2/c1-10(15,6-9(16)17)7-2-4-8(5-3-7)11(12,13)14/h2-5H,6,15H2,1H3,(H,16,17). The van der Waals surface area contributed by atoms with E-state index in [1.807, 2.05) is 0 Å². The highest BCUT2D eigenvalue weighted by Gasteiger charge is 2.31. The second-order valence-electron chi connectivity index (χ2n) is 4.06. The number of nitrogens with two attached hydrogens (primary N) is 1. The minimum absolute atomic E-state index is 0.349. The van der Waals surface area contributed by atoms with Crippen LogP contribution in [0.15, 0.2) is 24.3 Å². The lowest BCUT2D eigenvalue weighted by molar-refractivity contribution is -0.139. The minimum atomic E-state index is -4.41. The highest BCUT2D eigenvalue weighted by Crippen LogP contribution is 2.31. The van der Waals surface area contributed by atoms with Crippen LogP contribution in [0.25, 0.3) is 0 Å². The summed E-state index contributed by atoms with van der Waals surface area (Å²) >= 11 is 0. The summed E-state index contributed by atoms with van der Waals surface area (Å²) in [4.78, 5) is 10.6. The molecule has 1 aromatic carbocycles. The van der Waals surface area contributed by atoms with E-state index >= 15 is 0 Å². The fourth-order valence-corrected chi connectivity index (χ4v) is 1.46. The van der Waals surface area contributed by atoms with Crippen molar-refractivity contribution in [2.45, 2.75) is 25.1 Å². The normalized spacial score (nSPS) is 15.4. The molecule has 0 spiro atoms. The molecule has 1 atom stereocenters. The van der Waals surface area contributed by atoms with Crippen molar-refractivity contribution in [1.82, 2.24) is 0 Å². The Morgan fingerprint density at radius 1 is 1.24 bits per heavy atom. The van der Waals surface area contributed by atoms with Gasteiger partial charge in [-0.25, -0.2) is 0 Å². The molecule has 94 valence electrons. The number of halogens is 3. The van der Waals surface area contributed by atoms with Crippen molar-refractivity contribution in [3.63, 3.8) is 0 Å². The van der Waals surface area contributed by atoms with Crippen LogP contribution in [0, 0.1) is 0 Å². The smallest absolute Gasteiger partial charge is 0.416 e. The molecule has 0 aliphatic carbocycles. The van der Waals surface area contributed by atoms with Gasteiger partial charge in [-0.05, 0) is 24.6 Å². The molecule has 3 N–H and O–H groups in total. The lowest BCUT2D eigenvalue weighted by atomic mass is 9.89. The number of alkyl halides is 3. The molecule has 0 amide bonds. The fraction of sp³-hybridized carbons (Fsp3) is 0.364. The van der Waals surface area contributed by atoms with Gasteiger partial charge in [0.05, 0.1) is 12.0 Å². The van der Waals surface area contributed by atoms with Crippen molar-refractivity contribution in [1.29, 1.82) is 0 Å². The van der Waals surface area contributed by atoms with Gasteiger partial charge in [0.2, 0.25) is 0 Å². The summed E-state index contributed by atoms with van der Waals surface area (Å²) < 4.78 is 36.9. The molecule has 0 bridgehead atoms. The van der Waals surface area contributed by atoms with Crippen LogP contribution in [0.3, 0.4) is 0 Å². The van der Waals surface area contributed by atoms with Gasteiger partial charge in [-0.3, -0.25) is 4.79 Å². The number of carboxylic acid groups (broad SMARTS) is 1. The number of hydrogen-bond donors (Lipinski definition) is 2. The molecular weight excluding hydrogens is 235 g/mol. The maximum absolute atomic E-state index is 12.3. The van der Waals surface area contributed by atoms with Gasteiger partial charge >= 0.3 is 12.1 Å². The average molecular weight is 247 g/mol. The van der Waals surface area contributed by atoms with Crippen LogP contribution in [0.1, 0.15) is 24.5 Å². The average Bonchev–Trinajstić information content (AvgIpc) is 2.14. The molecule has 0 fully saturated rings. The zero-order chi connectivity index (χ0) is 13.3. The Bertz CT molecular complexity index is 410. The molecule has 0 aliphatic heterocycles. The van der Waals surface area contributed by atoms with E-state index < -0.39 is 23.2 Å². The van der Waals surface area contributed by atoms with Crippen LogP contribution in [-0.2, 0) is 16.5 Å². The third kappa shape index (κ3) is 3.45. The number of carboxylic acids is 1. The first-order valence-corrected chi connectivity index (χ1v) is 4.81. The molecule has 0 radical (unpaired) electrons. The molecule has 0 saturated carbocycles. The third-order valence-electron chi connectivity index (χ3n) is 2.39. The van der Waals surface area contributed by atoms with Crippen molar-refractivity contribution in [3.05, 3.63) is 35.4 Å². The largest absolute Gasteiger partial charge is 0.481 e. The molecule has 17 heavy (non-hydrogen) atoms. The topological polar surface area (TPSA) is 63.3 Å². The lowest BCUT2D eigenvalue weighted by Gasteiger charge is -2.23. The van der Waals surface area contributed by atoms with E-state index in [-0.39, 0.29) is 6.42 Å². The minimum Gasteiger partial charge on any atom is -0.481 e. The van der Waals surface area contributed by atoms with Crippen molar-refractivity contribution >= 4 is 5.97 Å². The number of aliphatic carboxylic acids is 1. The number of rotatable bonds is 3. The van der Waals surface area contributed by atoms with Crippen LogP contribution in [0.5, 0.6) is 0 Å². The number of carbonyl (C=O) groups is 1. The summed E-state index contributed by atoms with van der Waals surface area (Å²) in [6, 6.07) is 4.18. The van der Waals surface area contributed by atoms with E-state index in [2.05, 4.69) is 0 Å². The summed E-state index contributed by atoms with van der Waals surface area (Å²) in [6.07, 6.45) is -4.76. The van der Waals surface area contributed by atoms with E-state index in [0.717, 1.165) is 12.1 Å². The Morgan fingerprint density at radius 3 is 2.00 bits per heavy atom.